The zero-order valence-electron chi connectivity index (χ0n) is 14.1. The number of hydrogen-bond donors (Lipinski definition) is 2. The van der Waals surface area contributed by atoms with E-state index in [0.717, 1.165) is 0 Å². The summed E-state index contributed by atoms with van der Waals surface area (Å²) in [5.41, 5.74) is -1.76. The summed E-state index contributed by atoms with van der Waals surface area (Å²) in [6.45, 7) is 8.99. The first-order valence-electron chi connectivity index (χ1n) is 7.72. The minimum atomic E-state index is -1.11. The fourth-order valence-corrected chi connectivity index (χ4v) is 3.01. The topological polar surface area (TPSA) is 92.7 Å². The number of amides is 1. The van der Waals surface area contributed by atoms with Gasteiger partial charge in [-0.05, 0) is 39.5 Å². The van der Waals surface area contributed by atoms with Gasteiger partial charge in [0.2, 0.25) is 0 Å². The quantitative estimate of drug-likeness (QED) is 0.832. The summed E-state index contributed by atoms with van der Waals surface area (Å²) in [7, 11) is 0. The van der Waals surface area contributed by atoms with Crippen LogP contribution in [0.15, 0.2) is 0 Å². The highest BCUT2D eigenvalue weighted by Crippen LogP contribution is 2.41. The second kappa shape index (κ2) is 6.67. The second-order valence-electron chi connectivity index (χ2n) is 7.37. The van der Waals surface area contributed by atoms with Gasteiger partial charge in [0.1, 0.15) is 11.4 Å². The first-order chi connectivity index (χ1) is 9.98. The van der Waals surface area contributed by atoms with Crippen LogP contribution in [-0.2, 0) is 14.3 Å². The lowest BCUT2D eigenvalue weighted by Gasteiger charge is -2.42. The van der Waals surface area contributed by atoms with Gasteiger partial charge in [0.05, 0.1) is 11.5 Å². The van der Waals surface area contributed by atoms with E-state index in [1.807, 2.05) is 13.8 Å². The molecule has 1 aliphatic carbocycles. The molecule has 0 aromatic carbocycles. The molecule has 1 unspecified atom stereocenters. The number of nitrogens with one attached hydrogen (secondary N) is 1. The molecular weight excluding hydrogens is 286 g/mol. The predicted octanol–water partition coefficient (Wildman–Crippen LogP) is 2.75. The first kappa shape index (κ1) is 18.5. The molecule has 0 aliphatic heterocycles. The smallest absolute Gasteiger partial charge is 0.407 e. The van der Waals surface area contributed by atoms with Crippen LogP contribution in [0.1, 0.15) is 60.3 Å². The molecule has 1 saturated carbocycles. The molecule has 2 N–H and O–H groups in total. The fraction of sp³-hybridized carbons (Fsp3) is 0.812. The van der Waals surface area contributed by atoms with Crippen molar-refractivity contribution >= 4 is 17.8 Å². The van der Waals surface area contributed by atoms with Crippen molar-refractivity contribution in [1.29, 1.82) is 0 Å². The molecular formula is C16H27NO5. The van der Waals surface area contributed by atoms with E-state index in [0.29, 0.717) is 0 Å². The first-order valence-corrected chi connectivity index (χ1v) is 7.72. The molecule has 6 heteroatoms. The van der Waals surface area contributed by atoms with E-state index in [9.17, 15) is 19.5 Å². The molecule has 0 saturated heterocycles. The van der Waals surface area contributed by atoms with Gasteiger partial charge in [-0.25, -0.2) is 4.79 Å². The molecule has 1 atom stereocenters. The van der Waals surface area contributed by atoms with Crippen molar-refractivity contribution in [1.82, 2.24) is 5.32 Å². The Bertz CT molecular complexity index is 440. The Kier molecular flexibility index (Phi) is 5.59. The van der Waals surface area contributed by atoms with Crippen molar-refractivity contribution in [2.75, 3.05) is 0 Å². The Balaban J connectivity index is 2.98. The van der Waals surface area contributed by atoms with Gasteiger partial charge < -0.3 is 15.2 Å². The maximum Gasteiger partial charge on any atom is 0.407 e. The van der Waals surface area contributed by atoms with Crippen molar-refractivity contribution < 1.29 is 24.2 Å². The third-order valence-corrected chi connectivity index (χ3v) is 4.06. The lowest BCUT2D eigenvalue weighted by Crippen LogP contribution is -2.56. The van der Waals surface area contributed by atoms with E-state index in [2.05, 4.69) is 5.32 Å². The third-order valence-electron chi connectivity index (χ3n) is 4.06. The summed E-state index contributed by atoms with van der Waals surface area (Å²) < 4.78 is 5.25. The zero-order valence-corrected chi connectivity index (χ0v) is 14.1. The van der Waals surface area contributed by atoms with Gasteiger partial charge in [-0.1, -0.05) is 13.8 Å². The van der Waals surface area contributed by atoms with Crippen molar-refractivity contribution in [3.63, 3.8) is 0 Å². The van der Waals surface area contributed by atoms with Crippen LogP contribution in [0.2, 0.25) is 0 Å². The van der Waals surface area contributed by atoms with Crippen LogP contribution >= 0.6 is 0 Å². The number of ketones is 1. The zero-order chi connectivity index (χ0) is 17.1. The molecule has 6 nitrogen and oxygen atoms in total. The van der Waals surface area contributed by atoms with Crippen LogP contribution in [-0.4, -0.2) is 34.6 Å². The van der Waals surface area contributed by atoms with E-state index >= 15 is 0 Å². The average Bonchev–Trinajstić information content (AvgIpc) is 2.34. The Morgan fingerprint density at radius 1 is 1.23 bits per heavy atom. The highest BCUT2D eigenvalue weighted by atomic mass is 16.6. The lowest BCUT2D eigenvalue weighted by molar-refractivity contribution is -0.155. The standard InChI is InChI=1S/C16H27NO5/c1-10(2)12(17-14(21)22-15(3,4)5)16(13(19)20)8-6-11(18)7-9-16/h10,12H,6-9H2,1-5H3,(H,17,21)(H,19,20). The highest BCUT2D eigenvalue weighted by molar-refractivity contribution is 5.84. The molecule has 0 radical (unpaired) electrons. The monoisotopic (exact) mass is 313 g/mol. The summed E-state index contributed by atoms with van der Waals surface area (Å²) in [5, 5.41) is 12.5. The predicted molar refractivity (Wildman–Crippen MR) is 81.5 cm³/mol. The van der Waals surface area contributed by atoms with Crippen LogP contribution in [0.5, 0.6) is 0 Å². The molecule has 1 aliphatic rings. The number of carbonyl (C=O) groups excluding carboxylic acids is 2. The summed E-state index contributed by atoms with van der Waals surface area (Å²) in [5.74, 6) is -0.969. The van der Waals surface area contributed by atoms with Crippen LogP contribution in [0.3, 0.4) is 0 Å². The van der Waals surface area contributed by atoms with Gasteiger partial charge in [0, 0.05) is 12.8 Å². The van der Waals surface area contributed by atoms with Crippen LogP contribution < -0.4 is 5.32 Å². The summed E-state index contributed by atoms with van der Waals surface area (Å²) in [6.07, 6.45) is 0.361. The van der Waals surface area contributed by atoms with Gasteiger partial charge in [0.15, 0.2) is 0 Å². The van der Waals surface area contributed by atoms with Gasteiger partial charge in [-0.15, -0.1) is 0 Å². The Morgan fingerprint density at radius 3 is 2.09 bits per heavy atom. The molecule has 0 spiro atoms. The maximum atomic E-state index is 12.1. The molecule has 1 fully saturated rings. The third kappa shape index (κ3) is 4.45. The van der Waals surface area contributed by atoms with Crippen LogP contribution in [0.4, 0.5) is 4.79 Å². The number of aliphatic carboxylic acids is 1. The molecule has 0 heterocycles. The fourth-order valence-electron chi connectivity index (χ4n) is 3.01. The number of Topliss-reactive ketones (excluding diaryl/α,β-unsaturated/α-hetero) is 1. The van der Waals surface area contributed by atoms with E-state index in [4.69, 9.17) is 4.74 Å². The van der Waals surface area contributed by atoms with Crippen molar-refractivity contribution in [2.24, 2.45) is 11.3 Å². The molecule has 22 heavy (non-hydrogen) atoms. The van der Waals surface area contributed by atoms with Crippen molar-refractivity contribution in [3.05, 3.63) is 0 Å². The number of carboxylic acid groups (broad SMARTS) is 1. The van der Waals surface area contributed by atoms with E-state index in [1.54, 1.807) is 20.8 Å². The lowest BCUT2D eigenvalue weighted by atomic mass is 9.66. The molecule has 1 rings (SSSR count). The number of alkyl carbamates (subject to hydrolysis) is 1. The largest absolute Gasteiger partial charge is 0.481 e. The van der Waals surface area contributed by atoms with E-state index < -0.39 is 29.1 Å². The summed E-state index contributed by atoms with van der Waals surface area (Å²) in [4.78, 5) is 35.4. The van der Waals surface area contributed by atoms with Crippen LogP contribution in [0.25, 0.3) is 0 Å². The van der Waals surface area contributed by atoms with Gasteiger partial charge >= 0.3 is 12.1 Å². The minimum absolute atomic E-state index is 0.0802. The number of hydrogen-bond acceptors (Lipinski definition) is 4. The van der Waals surface area contributed by atoms with E-state index in [1.165, 1.54) is 0 Å². The summed E-state index contributed by atoms with van der Waals surface area (Å²) in [6, 6.07) is -0.576. The van der Waals surface area contributed by atoms with E-state index in [-0.39, 0.29) is 37.4 Å². The Morgan fingerprint density at radius 2 is 1.73 bits per heavy atom. The Labute approximate surface area is 131 Å². The van der Waals surface area contributed by atoms with Gasteiger partial charge in [0.25, 0.3) is 0 Å². The molecule has 0 bridgehead atoms. The molecule has 126 valence electrons. The number of ether oxygens (including phenoxy) is 1. The van der Waals surface area contributed by atoms with Gasteiger partial charge in [-0.2, -0.15) is 0 Å². The Hall–Kier alpha value is -1.59. The van der Waals surface area contributed by atoms with Crippen molar-refractivity contribution in [3.8, 4) is 0 Å². The van der Waals surface area contributed by atoms with Gasteiger partial charge in [-0.3, -0.25) is 9.59 Å². The maximum absolute atomic E-state index is 12.1. The molecule has 1 amide bonds. The highest BCUT2D eigenvalue weighted by Gasteiger charge is 2.50. The number of carbonyl (C=O) groups is 3. The minimum Gasteiger partial charge on any atom is -0.481 e. The SMILES string of the molecule is CC(C)C(NC(=O)OC(C)(C)C)C1(C(=O)O)CCC(=O)CC1. The number of rotatable bonds is 4. The summed E-state index contributed by atoms with van der Waals surface area (Å²) >= 11 is 0. The van der Waals surface area contributed by atoms with Crippen LogP contribution in [0, 0.1) is 11.3 Å². The molecule has 0 aromatic rings. The average molecular weight is 313 g/mol. The molecule has 0 aromatic heterocycles. The second-order valence-corrected chi connectivity index (χ2v) is 7.37. The normalized spacial score (nSPS) is 19.6. The number of carboxylic acids is 1. The van der Waals surface area contributed by atoms with Crippen molar-refractivity contribution in [2.45, 2.75) is 71.9 Å².